The molecule has 2 unspecified atom stereocenters. The molecule has 2 atom stereocenters. The molecule has 1 fully saturated rings. The Hall–Kier alpha value is -1.14. The normalized spacial score (nSPS) is 27.9. The van der Waals surface area contributed by atoms with Crippen molar-refractivity contribution >= 4 is 11.9 Å². The number of rotatable bonds is 4. The van der Waals surface area contributed by atoms with Crippen molar-refractivity contribution in [2.75, 3.05) is 6.54 Å². The summed E-state index contributed by atoms with van der Waals surface area (Å²) in [4.78, 5) is 22.8. The third-order valence-electron chi connectivity index (χ3n) is 3.22. The molecule has 0 amide bonds. The first-order valence-corrected chi connectivity index (χ1v) is 6.63. The number of esters is 1. The molecule has 19 heavy (non-hydrogen) atoms. The number of carboxylic acid groups (broad SMARTS) is 1. The fourth-order valence-corrected chi connectivity index (χ4v) is 2.35. The Bertz CT molecular complexity index is 351. The maximum absolute atomic E-state index is 12.2. The van der Waals surface area contributed by atoms with Gasteiger partial charge in [-0.3, -0.25) is 14.9 Å². The minimum atomic E-state index is -0.988. The molecule has 110 valence electrons. The highest BCUT2D eigenvalue weighted by Gasteiger charge is 2.43. The predicted molar refractivity (Wildman–Crippen MR) is 70.4 cm³/mol. The Kier molecular flexibility index (Phi) is 4.92. The van der Waals surface area contributed by atoms with Crippen LogP contribution in [0.15, 0.2) is 0 Å². The lowest BCUT2D eigenvalue weighted by atomic mass is 9.79. The summed E-state index contributed by atoms with van der Waals surface area (Å²) in [5.74, 6) is -1.84. The van der Waals surface area contributed by atoms with Gasteiger partial charge >= 0.3 is 11.9 Å². The number of hydrogen-bond acceptors (Lipinski definition) is 5. The third-order valence-corrected chi connectivity index (χ3v) is 3.22. The Morgan fingerprint density at radius 2 is 2.05 bits per heavy atom. The van der Waals surface area contributed by atoms with Gasteiger partial charge in [0.1, 0.15) is 5.60 Å². The molecule has 1 rings (SSSR count). The van der Waals surface area contributed by atoms with Crippen LogP contribution < -0.4 is 11.1 Å². The smallest absolute Gasteiger partial charge is 0.317 e. The highest BCUT2D eigenvalue weighted by Crippen LogP contribution is 2.32. The predicted octanol–water partition coefficient (Wildman–Crippen LogP) is 0.848. The second-order valence-electron chi connectivity index (χ2n) is 6.12. The summed E-state index contributed by atoms with van der Waals surface area (Å²) in [6.45, 7) is 5.15. The molecule has 0 radical (unpaired) electrons. The zero-order valence-corrected chi connectivity index (χ0v) is 11.9. The van der Waals surface area contributed by atoms with Gasteiger partial charge in [0.05, 0.1) is 18.1 Å². The van der Waals surface area contributed by atoms with Crippen LogP contribution in [0.5, 0.6) is 0 Å². The number of carbonyl (C=O) groups is 2. The molecule has 0 bridgehead atoms. The zero-order valence-electron chi connectivity index (χ0n) is 11.9. The number of hydrogen-bond donors (Lipinski definition) is 3. The van der Waals surface area contributed by atoms with E-state index in [-0.39, 0.29) is 12.5 Å². The van der Waals surface area contributed by atoms with E-state index in [1.165, 1.54) is 0 Å². The van der Waals surface area contributed by atoms with Gasteiger partial charge in [0.2, 0.25) is 0 Å². The lowest BCUT2D eigenvalue weighted by Crippen LogP contribution is -2.63. The van der Waals surface area contributed by atoms with E-state index in [1.807, 2.05) is 0 Å². The summed E-state index contributed by atoms with van der Waals surface area (Å²) in [5, 5.41) is 11.5. The van der Waals surface area contributed by atoms with Crippen LogP contribution in [0.4, 0.5) is 0 Å². The second-order valence-corrected chi connectivity index (χ2v) is 6.12. The highest BCUT2D eigenvalue weighted by molar-refractivity contribution is 5.75. The van der Waals surface area contributed by atoms with Crippen LogP contribution in [0.25, 0.3) is 0 Å². The van der Waals surface area contributed by atoms with E-state index in [0.29, 0.717) is 12.8 Å². The Morgan fingerprint density at radius 1 is 1.42 bits per heavy atom. The van der Waals surface area contributed by atoms with E-state index in [4.69, 9.17) is 15.6 Å². The summed E-state index contributed by atoms with van der Waals surface area (Å²) in [7, 11) is 0. The monoisotopic (exact) mass is 272 g/mol. The average Bonchev–Trinajstić information content (AvgIpc) is 2.24. The maximum Gasteiger partial charge on any atom is 0.317 e. The van der Waals surface area contributed by atoms with Gasteiger partial charge in [0.15, 0.2) is 0 Å². The Balaban J connectivity index is 2.76. The average molecular weight is 272 g/mol. The molecule has 4 N–H and O–H groups in total. The molecule has 0 saturated heterocycles. The molecule has 0 heterocycles. The van der Waals surface area contributed by atoms with Crippen molar-refractivity contribution in [3.63, 3.8) is 0 Å². The zero-order chi connectivity index (χ0) is 14.7. The van der Waals surface area contributed by atoms with E-state index in [0.717, 1.165) is 12.8 Å². The van der Waals surface area contributed by atoms with Gasteiger partial charge < -0.3 is 15.6 Å². The van der Waals surface area contributed by atoms with Gasteiger partial charge in [-0.05, 0) is 33.6 Å². The summed E-state index contributed by atoms with van der Waals surface area (Å²) < 4.78 is 5.37. The quantitative estimate of drug-likeness (QED) is 0.518. The molecule has 6 nitrogen and oxygen atoms in total. The minimum absolute atomic E-state index is 0.254. The van der Waals surface area contributed by atoms with Crippen molar-refractivity contribution in [1.29, 1.82) is 0 Å². The van der Waals surface area contributed by atoms with Crippen LogP contribution in [-0.2, 0) is 14.3 Å². The fraction of sp³-hybridized carbons (Fsp3) is 0.846. The lowest BCUT2D eigenvalue weighted by molar-refractivity contribution is -0.165. The van der Waals surface area contributed by atoms with E-state index in [9.17, 15) is 9.59 Å². The van der Waals surface area contributed by atoms with Crippen LogP contribution >= 0.6 is 0 Å². The van der Waals surface area contributed by atoms with Crippen LogP contribution in [0.1, 0.15) is 46.5 Å². The number of nitrogens with one attached hydrogen (secondary N) is 1. The standard InChI is InChI=1S/C13H24N2O4/c1-12(2,3)19-11(18)9-6-4-5-7-13(9,14)15-8-10(16)17/h9,15H,4-8,14H2,1-3H3,(H,16,17). The summed E-state index contributed by atoms with van der Waals surface area (Å²) >= 11 is 0. The Labute approximate surface area is 113 Å². The Morgan fingerprint density at radius 3 is 2.58 bits per heavy atom. The number of carbonyl (C=O) groups excluding carboxylic acids is 1. The molecule has 0 aliphatic heterocycles. The topological polar surface area (TPSA) is 102 Å². The first-order chi connectivity index (χ1) is 8.64. The number of nitrogens with two attached hydrogens (primary N) is 1. The van der Waals surface area contributed by atoms with Gasteiger partial charge in [-0.2, -0.15) is 0 Å². The summed E-state index contributed by atoms with van der Waals surface area (Å²) in [5.41, 5.74) is 4.64. The van der Waals surface area contributed by atoms with Crippen molar-refractivity contribution in [3.8, 4) is 0 Å². The lowest BCUT2D eigenvalue weighted by Gasteiger charge is -2.41. The van der Waals surface area contributed by atoms with Crippen LogP contribution in [-0.4, -0.2) is 34.9 Å². The number of ether oxygens (including phenoxy) is 1. The largest absolute Gasteiger partial charge is 0.480 e. The first kappa shape index (κ1) is 15.9. The molecule has 6 heteroatoms. The molecule has 0 aromatic carbocycles. The van der Waals surface area contributed by atoms with Crippen molar-refractivity contribution in [2.24, 2.45) is 11.7 Å². The molecule has 0 aromatic rings. The van der Waals surface area contributed by atoms with Crippen LogP contribution in [0, 0.1) is 5.92 Å². The highest BCUT2D eigenvalue weighted by atomic mass is 16.6. The SMILES string of the molecule is CC(C)(C)OC(=O)C1CCCCC1(N)NCC(=O)O. The molecule has 1 aliphatic rings. The van der Waals surface area contributed by atoms with E-state index < -0.39 is 23.2 Å². The van der Waals surface area contributed by atoms with Gasteiger partial charge in [0.25, 0.3) is 0 Å². The van der Waals surface area contributed by atoms with Gasteiger partial charge in [-0.1, -0.05) is 12.8 Å². The van der Waals surface area contributed by atoms with E-state index in [2.05, 4.69) is 5.32 Å². The molecule has 0 aromatic heterocycles. The molecular formula is C13H24N2O4. The van der Waals surface area contributed by atoms with Crippen LogP contribution in [0.2, 0.25) is 0 Å². The van der Waals surface area contributed by atoms with E-state index in [1.54, 1.807) is 20.8 Å². The van der Waals surface area contributed by atoms with Gasteiger partial charge in [0, 0.05) is 0 Å². The maximum atomic E-state index is 12.2. The number of carboxylic acids is 1. The molecule has 0 spiro atoms. The van der Waals surface area contributed by atoms with Crippen molar-refractivity contribution in [3.05, 3.63) is 0 Å². The molecular weight excluding hydrogens is 248 g/mol. The fourth-order valence-electron chi connectivity index (χ4n) is 2.35. The summed E-state index contributed by atoms with van der Waals surface area (Å²) in [6.07, 6.45) is 2.97. The second kappa shape index (κ2) is 5.88. The minimum Gasteiger partial charge on any atom is -0.480 e. The van der Waals surface area contributed by atoms with Crippen molar-refractivity contribution < 1.29 is 19.4 Å². The molecule has 1 aliphatic carbocycles. The number of aliphatic carboxylic acids is 1. The molecule has 1 saturated carbocycles. The summed E-state index contributed by atoms with van der Waals surface area (Å²) in [6, 6.07) is 0. The van der Waals surface area contributed by atoms with E-state index >= 15 is 0 Å². The van der Waals surface area contributed by atoms with Crippen LogP contribution in [0.3, 0.4) is 0 Å². The van der Waals surface area contributed by atoms with Crippen molar-refractivity contribution in [2.45, 2.75) is 57.7 Å². The van der Waals surface area contributed by atoms with Gasteiger partial charge in [-0.15, -0.1) is 0 Å². The van der Waals surface area contributed by atoms with Crippen molar-refractivity contribution in [1.82, 2.24) is 5.32 Å². The third kappa shape index (κ3) is 4.80. The first-order valence-electron chi connectivity index (χ1n) is 6.63. The van der Waals surface area contributed by atoms with Gasteiger partial charge in [-0.25, -0.2) is 0 Å².